The molecule has 0 fully saturated rings. The Morgan fingerprint density at radius 2 is 1.94 bits per heavy atom. The topological polar surface area (TPSA) is 86.6 Å². The summed E-state index contributed by atoms with van der Waals surface area (Å²) in [5.74, 6) is -0.877. The SMILES string of the molecule is Cc1ccc(F)c(S(=O)(=O)NC(CO)CO)c1. The highest BCUT2D eigenvalue weighted by Gasteiger charge is 2.22. The molecule has 0 aliphatic carbocycles. The van der Waals surface area contributed by atoms with Crippen molar-refractivity contribution < 1.29 is 23.0 Å². The van der Waals surface area contributed by atoms with E-state index in [0.717, 1.165) is 6.07 Å². The van der Waals surface area contributed by atoms with Crippen LogP contribution >= 0.6 is 0 Å². The third kappa shape index (κ3) is 3.47. The Hall–Kier alpha value is -1.02. The Balaban J connectivity index is 3.09. The van der Waals surface area contributed by atoms with Gasteiger partial charge in [-0.1, -0.05) is 6.07 Å². The molecule has 1 aromatic rings. The number of aliphatic hydroxyl groups excluding tert-OH is 2. The summed E-state index contributed by atoms with van der Waals surface area (Å²) in [6, 6.07) is 2.64. The summed E-state index contributed by atoms with van der Waals surface area (Å²) in [6.45, 7) is 0.500. The van der Waals surface area contributed by atoms with Crippen LogP contribution in [0.15, 0.2) is 23.1 Å². The van der Waals surface area contributed by atoms with Crippen LogP contribution < -0.4 is 4.72 Å². The zero-order valence-corrected chi connectivity index (χ0v) is 10.0. The molecule has 96 valence electrons. The number of halogens is 1. The highest BCUT2D eigenvalue weighted by atomic mass is 32.2. The lowest BCUT2D eigenvalue weighted by molar-refractivity contribution is 0.185. The molecule has 0 unspecified atom stereocenters. The van der Waals surface area contributed by atoms with Crippen molar-refractivity contribution in [1.29, 1.82) is 0 Å². The van der Waals surface area contributed by atoms with Crippen LogP contribution in [0.25, 0.3) is 0 Å². The lowest BCUT2D eigenvalue weighted by atomic mass is 10.2. The maximum absolute atomic E-state index is 13.4. The van der Waals surface area contributed by atoms with E-state index in [9.17, 15) is 12.8 Å². The van der Waals surface area contributed by atoms with Gasteiger partial charge < -0.3 is 10.2 Å². The fourth-order valence-corrected chi connectivity index (χ4v) is 2.61. The first-order valence-corrected chi connectivity index (χ1v) is 6.39. The number of rotatable bonds is 5. The van der Waals surface area contributed by atoms with Crippen LogP contribution in [-0.2, 0) is 10.0 Å². The molecule has 0 radical (unpaired) electrons. The Morgan fingerprint density at radius 1 is 1.35 bits per heavy atom. The molecule has 0 spiro atoms. The molecule has 0 heterocycles. The van der Waals surface area contributed by atoms with Crippen LogP contribution in [0.5, 0.6) is 0 Å². The van der Waals surface area contributed by atoms with Gasteiger partial charge in [-0.25, -0.2) is 17.5 Å². The Labute approximate surface area is 99.0 Å². The molecule has 3 N–H and O–H groups in total. The van der Waals surface area contributed by atoms with Gasteiger partial charge in [0, 0.05) is 0 Å². The summed E-state index contributed by atoms with van der Waals surface area (Å²) in [6.07, 6.45) is 0. The number of benzene rings is 1. The predicted molar refractivity (Wildman–Crippen MR) is 59.4 cm³/mol. The molecule has 0 atom stereocenters. The van der Waals surface area contributed by atoms with E-state index in [1.807, 2.05) is 4.72 Å². The molecule has 17 heavy (non-hydrogen) atoms. The van der Waals surface area contributed by atoms with E-state index < -0.39 is 40.0 Å². The van der Waals surface area contributed by atoms with Crippen molar-refractivity contribution >= 4 is 10.0 Å². The van der Waals surface area contributed by atoms with Gasteiger partial charge in [-0.3, -0.25) is 0 Å². The largest absolute Gasteiger partial charge is 0.395 e. The van der Waals surface area contributed by atoms with Crippen molar-refractivity contribution in [1.82, 2.24) is 4.72 Å². The van der Waals surface area contributed by atoms with Gasteiger partial charge >= 0.3 is 0 Å². The fourth-order valence-electron chi connectivity index (χ4n) is 1.23. The average molecular weight is 263 g/mol. The third-order valence-electron chi connectivity index (χ3n) is 2.14. The number of aryl methyl sites for hydroxylation is 1. The smallest absolute Gasteiger partial charge is 0.243 e. The molecule has 0 saturated heterocycles. The van der Waals surface area contributed by atoms with Crippen LogP contribution in [0.1, 0.15) is 5.56 Å². The Bertz CT molecular complexity index is 485. The van der Waals surface area contributed by atoms with Gasteiger partial charge in [-0.2, -0.15) is 0 Å². The lowest BCUT2D eigenvalue weighted by Gasteiger charge is -2.14. The predicted octanol–water partition coefficient (Wildman–Crippen LogP) is -0.234. The standard InChI is InChI=1S/C10H14FNO4S/c1-7-2-3-9(11)10(4-7)17(15,16)12-8(5-13)6-14/h2-4,8,12-14H,5-6H2,1H3. The van der Waals surface area contributed by atoms with E-state index in [2.05, 4.69) is 0 Å². The Kier molecular flexibility index (Phi) is 4.58. The molecule has 1 rings (SSSR count). The second-order valence-corrected chi connectivity index (χ2v) is 5.30. The molecule has 1 aromatic carbocycles. The van der Waals surface area contributed by atoms with E-state index in [-0.39, 0.29) is 0 Å². The molecular formula is C10H14FNO4S. The lowest BCUT2D eigenvalue weighted by Crippen LogP contribution is -2.40. The molecule has 0 aliphatic heterocycles. The zero-order valence-electron chi connectivity index (χ0n) is 9.22. The number of aliphatic hydroxyl groups is 2. The van der Waals surface area contributed by atoms with Crippen LogP contribution in [-0.4, -0.2) is 37.9 Å². The monoisotopic (exact) mass is 263 g/mol. The minimum atomic E-state index is -4.08. The maximum atomic E-state index is 13.4. The summed E-state index contributed by atoms with van der Waals surface area (Å²) < 4.78 is 38.9. The van der Waals surface area contributed by atoms with Crippen LogP contribution in [0.3, 0.4) is 0 Å². The van der Waals surface area contributed by atoms with E-state index in [1.54, 1.807) is 6.92 Å². The first-order chi connectivity index (χ1) is 7.90. The number of hydrogen-bond acceptors (Lipinski definition) is 4. The maximum Gasteiger partial charge on any atom is 0.243 e. The second-order valence-electron chi connectivity index (χ2n) is 3.62. The first-order valence-electron chi connectivity index (χ1n) is 4.91. The quantitative estimate of drug-likeness (QED) is 0.684. The molecular weight excluding hydrogens is 249 g/mol. The molecule has 0 saturated carbocycles. The van der Waals surface area contributed by atoms with E-state index in [4.69, 9.17) is 10.2 Å². The van der Waals surface area contributed by atoms with E-state index >= 15 is 0 Å². The van der Waals surface area contributed by atoms with Crippen molar-refractivity contribution in [2.45, 2.75) is 17.9 Å². The van der Waals surface area contributed by atoms with Gasteiger partial charge in [-0.05, 0) is 24.6 Å². The summed E-state index contributed by atoms with van der Waals surface area (Å²) in [7, 11) is -4.08. The summed E-state index contributed by atoms with van der Waals surface area (Å²) in [5.41, 5.74) is 0.594. The normalized spacial score (nSPS) is 12.1. The highest BCUT2D eigenvalue weighted by Crippen LogP contribution is 2.16. The van der Waals surface area contributed by atoms with Gasteiger partial charge in [0.15, 0.2) is 0 Å². The van der Waals surface area contributed by atoms with Gasteiger partial charge in [-0.15, -0.1) is 0 Å². The first kappa shape index (κ1) is 14.0. The third-order valence-corrected chi connectivity index (χ3v) is 3.67. The fraction of sp³-hybridized carbons (Fsp3) is 0.400. The minimum Gasteiger partial charge on any atom is -0.395 e. The van der Waals surface area contributed by atoms with Gasteiger partial charge in [0.05, 0.1) is 19.3 Å². The second kappa shape index (κ2) is 5.54. The zero-order chi connectivity index (χ0) is 13.1. The van der Waals surface area contributed by atoms with Crippen LogP contribution in [0, 0.1) is 12.7 Å². The summed E-state index contributed by atoms with van der Waals surface area (Å²) in [5, 5.41) is 17.6. The van der Waals surface area contributed by atoms with Crippen LogP contribution in [0.4, 0.5) is 4.39 Å². The molecule has 7 heteroatoms. The molecule has 5 nitrogen and oxygen atoms in total. The van der Waals surface area contributed by atoms with E-state index in [1.165, 1.54) is 12.1 Å². The molecule has 0 aromatic heterocycles. The van der Waals surface area contributed by atoms with Crippen molar-refractivity contribution in [3.63, 3.8) is 0 Å². The minimum absolute atomic E-state index is 0.496. The van der Waals surface area contributed by atoms with Crippen molar-refractivity contribution in [3.8, 4) is 0 Å². The Morgan fingerprint density at radius 3 is 2.47 bits per heavy atom. The number of nitrogens with one attached hydrogen (secondary N) is 1. The molecule has 0 bridgehead atoms. The van der Waals surface area contributed by atoms with Crippen molar-refractivity contribution in [3.05, 3.63) is 29.6 Å². The van der Waals surface area contributed by atoms with Crippen molar-refractivity contribution in [2.75, 3.05) is 13.2 Å². The highest BCUT2D eigenvalue weighted by molar-refractivity contribution is 7.89. The molecule has 0 aliphatic rings. The van der Waals surface area contributed by atoms with Crippen molar-refractivity contribution in [2.24, 2.45) is 0 Å². The number of hydrogen-bond donors (Lipinski definition) is 3. The van der Waals surface area contributed by atoms with Gasteiger partial charge in [0.1, 0.15) is 10.7 Å². The number of sulfonamides is 1. The molecule has 0 amide bonds. The van der Waals surface area contributed by atoms with Crippen LogP contribution in [0.2, 0.25) is 0 Å². The average Bonchev–Trinajstić information content (AvgIpc) is 2.29. The summed E-state index contributed by atoms with van der Waals surface area (Å²) in [4.78, 5) is -0.496. The van der Waals surface area contributed by atoms with Gasteiger partial charge in [0.25, 0.3) is 0 Å². The summed E-state index contributed by atoms with van der Waals surface area (Å²) >= 11 is 0. The van der Waals surface area contributed by atoms with E-state index in [0.29, 0.717) is 5.56 Å². The van der Waals surface area contributed by atoms with Gasteiger partial charge in [0.2, 0.25) is 10.0 Å².